The van der Waals surface area contributed by atoms with Crippen LogP contribution in [0.5, 0.6) is 0 Å². The van der Waals surface area contributed by atoms with Crippen LogP contribution < -0.4 is 5.32 Å². The SMILES string of the molecule is CC(C)(C)OC(=O)NCCCCc1ccc2cccnc2n1. The molecule has 0 saturated carbocycles. The van der Waals surface area contributed by atoms with Gasteiger partial charge in [0.25, 0.3) is 0 Å². The highest BCUT2D eigenvalue weighted by atomic mass is 16.6. The van der Waals surface area contributed by atoms with Crippen LogP contribution in [0.2, 0.25) is 0 Å². The molecule has 2 heterocycles. The van der Waals surface area contributed by atoms with Crippen molar-refractivity contribution in [1.29, 1.82) is 0 Å². The maximum atomic E-state index is 11.5. The van der Waals surface area contributed by atoms with Gasteiger partial charge in [0.1, 0.15) is 5.60 Å². The molecule has 5 heteroatoms. The lowest BCUT2D eigenvalue weighted by atomic mass is 10.1. The zero-order valence-electron chi connectivity index (χ0n) is 13.4. The molecule has 0 aliphatic carbocycles. The van der Waals surface area contributed by atoms with E-state index < -0.39 is 5.60 Å². The van der Waals surface area contributed by atoms with Gasteiger partial charge in [0.15, 0.2) is 5.65 Å². The number of fused-ring (bicyclic) bond motifs is 1. The summed E-state index contributed by atoms with van der Waals surface area (Å²) in [6, 6.07) is 7.99. The van der Waals surface area contributed by atoms with E-state index in [1.165, 1.54) is 0 Å². The van der Waals surface area contributed by atoms with Crippen molar-refractivity contribution in [3.63, 3.8) is 0 Å². The summed E-state index contributed by atoms with van der Waals surface area (Å²) in [5.41, 5.74) is 1.36. The van der Waals surface area contributed by atoms with Gasteiger partial charge >= 0.3 is 6.09 Å². The summed E-state index contributed by atoms with van der Waals surface area (Å²) in [6.07, 6.45) is 4.12. The molecule has 0 unspecified atom stereocenters. The maximum absolute atomic E-state index is 11.5. The Morgan fingerprint density at radius 2 is 2.05 bits per heavy atom. The van der Waals surface area contributed by atoms with Crippen LogP contribution in [0.15, 0.2) is 30.5 Å². The number of nitrogens with zero attached hydrogens (tertiary/aromatic N) is 2. The second kappa shape index (κ2) is 7.20. The van der Waals surface area contributed by atoms with Crippen LogP contribution >= 0.6 is 0 Å². The predicted molar refractivity (Wildman–Crippen MR) is 86.7 cm³/mol. The summed E-state index contributed by atoms with van der Waals surface area (Å²) in [4.78, 5) is 20.3. The summed E-state index contributed by atoms with van der Waals surface area (Å²) < 4.78 is 5.18. The molecule has 22 heavy (non-hydrogen) atoms. The minimum Gasteiger partial charge on any atom is -0.444 e. The van der Waals surface area contributed by atoms with E-state index in [2.05, 4.69) is 15.3 Å². The van der Waals surface area contributed by atoms with Crippen LogP contribution in [0.25, 0.3) is 11.0 Å². The van der Waals surface area contributed by atoms with E-state index in [-0.39, 0.29) is 6.09 Å². The highest BCUT2D eigenvalue weighted by molar-refractivity contribution is 5.74. The monoisotopic (exact) mass is 301 g/mol. The second-order valence-electron chi connectivity index (χ2n) is 6.24. The first-order valence-electron chi connectivity index (χ1n) is 7.61. The number of ether oxygens (including phenoxy) is 1. The molecule has 1 N–H and O–H groups in total. The smallest absolute Gasteiger partial charge is 0.407 e. The molecular formula is C17H23N3O2. The normalized spacial score (nSPS) is 11.4. The highest BCUT2D eigenvalue weighted by Gasteiger charge is 2.15. The molecule has 2 rings (SSSR count). The fourth-order valence-corrected chi connectivity index (χ4v) is 2.07. The van der Waals surface area contributed by atoms with Crippen LogP contribution in [0.1, 0.15) is 39.3 Å². The van der Waals surface area contributed by atoms with Crippen molar-refractivity contribution in [1.82, 2.24) is 15.3 Å². The Kier molecular flexibility index (Phi) is 5.31. The van der Waals surface area contributed by atoms with Gasteiger partial charge in [-0.2, -0.15) is 0 Å². The van der Waals surface area contributed by atoms with Gasteiger partial charge in [-0.25, -0.2) is 14.8 Å². The number of nitrogens with one attached hydrogen (secondary N) is 1. The zero-order valence-corrected chi connectivity index (χ0v) is 13.4. The summed E-state index contributed by atoms with van der Waals surface area (Å²) in [7, 11) is 0. The number of hydrogen-bond acceptors (Lipinski definition) is 4. The first kappa shape index (κ1) is 16.2. The van der Waals surface area contributed by atoms with Gasteiger partial charge in [0.05, 0.1) is 0 Å². The summed E-state index contributed by atoms with van der Waals surface area (Å²) in [5.74, 6) is 0. The molecule has 1 amide bonds. The predicted octanol–water partition coefficient (Wildman–Crippen LogP) is 3.48. The molecule has 0 aliphatic heterocycles. The largest absolute Gasteiger partial charge is 0.444 e. The van der Waals surface area contributed by atoms with Crippen LogP contribution in [-0.4, -0.2) is 28.2 Å². The molecule has 118 valence electrons. The first-order valence-corrected chi connectivity index (χ1v) is 7.61. The fourth-order valence-electron chi connectivity index (χ4n) is 2.07. The minimum atomic E-state index is -0.452. The van der Waals surface area contributed by atoms with Gasteiger partial charge in [-0.05, 0) is 64.3 Å². The van der Waals surface area contributed by atoms with Crippen LogP contribution in [0, 0.1) is 0 Å². The molecule has 0 spiro atoms. The number of hydrogen-bond donors (Lipinski definition) is 1. The molecule has 0 bridgehead atoms. The van der Waals surface area contributed by atoms with Gasteiger partial charge < -0.3 is 10.1 Å². The molecule has 5 nitrogen and oxygen atoms in total. The van der Waals surface area contributed by atoms with Crippen LogP contribution in [-0.2, 0) is 11.2 Å². The van der Waals surface area contributed by atoms with Crippen molar-refractivity contribution in [2.24, 2.45) is 0 Å². The van der Waals surface area contributed by atoms with Gasteiger partial charge in [0.2, 0.25) is 0 Å². The number of aryl methyl sites for hydroxylation is 1. The number of carbonyl (C=O) groups excluding carboxylic acids is 1. The molecule has 0 aromatic carbocycles. The molecule has 2 aromatic heterocycles. The van der Waals surface area contributed by atoms with Crippen LogP contribution in [0.3, 0.4) is 0 Å². The average Bonchev–Trinajstić information content (AvgIpc) is 2.45. The van der Waals surface area contributed by atoms with E-state index in [0.717, 1.165) is 36.0 Å². The molecule has 0 saturated heterocycles. The third-order valence-corrected chi connectivity index (χ3v) is 3.05. The van der Waals surface area contributed by atoms with Crippen LogP contribution in [0.4, 0.5) is 4.79 Å². The van der Waals surface area contributed by atoms with E-state index in [4.69, 9.17) is 4.74 Å². The Labute approximate surface area is 131 Å². The van der Waals surface area contributed by atoms with Gasteiger partial charge in [-0.1, -0.05) is 0 Å². The number of alkyl carbamates (subject to hydrolysis) is 1. The molecule has 0 radical (unpaired) electrons. The summed E-state index contributed by atoms with van der Waals surface area (Å²) >= 11 is 0. The number of rotatable bonds is 5. The number of carbonyl (C=O) groups is 1. The minimum absolute atomic E-state index is 0.361. The third-order valence-electron chi connectivity index (χ3n) is 3.05. The standard InChI is InChI=1S/C17H23N3O2/c1-17(2,3)22-16(21)19-11-5-4-8-14-10-9-13-7-6-12-18-15(13)20-14/h6-7,9-10,12H,4-5,8,11H2,1-3H3,(H,19,21). The van der Waals surface area contributed by atoms with Crippen molar-refractivity contribution in [3.05, 3.63) is 36.2 Å². The molecule has 0 aliphatic rings. The van der Waals surface area contributed by atoms with E-state index in [1.807, 2.05) is 45.0 Å². The quantitative estimate of drug-likeness (QED) is 0.859. The Morgan fingerprint density at radius 1 is 1.23 bits per heavy atom. The molecule has 0 atom stereocenters. The highest BCUT2D eigenvalue weighted by Crippen LogP contribution is 2.11. The first-order chi connectivity index (χ1) is 10.4. The number of amides is 1. The van der Waals surface area contributed by atoms with Crippen molar-refractivity contribution >= 4 is 17.1 Å². The number of pyridine rings is 2. The zero-order chi connectivity index (χ0) is 16.0. The Hall–Kier alpha value is -2.17. The Morgan fingerprint density at radius 3 is 2.82 bits per heavy atom. The van der Waals surface area contributed by atoms with E-state index in [9.17, 15) is 4.79 Å². The number of aromatic nitrogens is 2. The maximum Gasteiger partial charge on any atom is 0.407 e. The Bertz CT molecular complexity index is 635. The summed E-state index contributed by atoms with van der Waals surface area (Å²) in [5, 5.41) is 3.81. The fraction of sp³-hybridized carbons (Fsp3) is 0.471. The Balaban J connectivity index is 1.71. The third kappa shape index (κ3) is 5.31. The lowest BCUT2D eigenvalue weighted by Crippen LogP contribution is -2.33. The molecule has 2 aromatic rings. The molecule has 0 fully saturated rings. The second-order valence-corrected chi connectivity index (χ2v) is 6.24. The van der Waals surface area contributed by atoms with Crippen molar-refractivity contribution in [2.75, 3.05) is 6.54 Å². The van der Waals surface area contributed by atoms with E-state index in [0.29, 0.717) is 6.54 Å². The van der Waals surface area contributed by atoms with Gasteiger partial charge in [-0.3, -0.25) is 0 Å². The lowest BCUT2D eigenvalue weighted by Gasteiger charge is -2.19. The van der Waals surface area contributed by atoms with Gasteiger partial charge in [0, 0.05) is 23.8 Å². The van der Waals surface area contributed by atoms with E-state index >= 15 is 0 Å². The van der Waals surface area contributed by atoms with Crippen molar-refractivity contribution in [3.8, 4) is 0 Å². The number of unbranched alkanes of at least 4 members (excludes halogenated alkanes) is 1. The lowest BCUT2D eigenvalue weighted by molar-refractivity contribution is 0.0527. The van der Waals surface area contributed by atoms with Crippen molar-refractivity contribution < 1.29 is 9.53 Å². The molecular weight excluding hydrogens is 278 g/mol. The van der Waals surface area contributed by atoms with Gasteiger partial charge in [-0.15, -0.1) is 0 Å². The summed E-state index contributed by atoms with van der Waals surface area (Å²) in [6.45, 7) is 6.17. The van der Waals surface area contributed by atoms with E-state index in [1.54, 1.807) is 6.20 Å². The van der Waals surface area contributed by atoms with Crippen molar-refractivity contribution in [2.45, 2.75) is 45.6 Å². The topological polar surface area (TPSA) is 64.1 Å². The average molecular weight is 301 g/mol.